The third-order valence-electron chi connectivity index (χ3n) is 6.07. The first-order chi connectivity index (χ1) is 12.3. The van der Waals surface area contributed by atoms with E-state index in [0.29, 0.717) is 5.92 Å². The molecule has 0 unspecified atom stereocenters. The highest BCUT2D eigenvalue weighted by molar-refractivity contribution is 7.99. The summed E-state index contributed by atoms with van der Waals surface area (Å²) in [5.74, 6) is 1.95. The lowest BCUT2D eigenvalue weighted by Crippen LogP contribution is -2.46. The van der Waals surface area contributed by atoms with E-state index < -0.39 is 0 Å². The average molecular weight is 351 g/mol. The Morgan fingerprint density at radius 2 is 2.04 bits per heavy atom. The van der Waals surface area contributed by atoms with E-state index in [2.05, 4.69) is 71.0 Å². The normalized spacial score (nSPS) is 25.4. The Labute approximate surface area is 155 Å². The molecule has 2 atom stereocenters. The Morgan fingerprint density at radius 3 is 2.96 bits per heavy atom. The molecule has 1 saturated heterocycles. The SMILES string of the molecule is Cc1cccc(CN2CC[C@@H]3[C@H](C2)c2cccc4c2N3CCCS4)c1. The first-order valence-corrected chi connectivity index (χ1v) is 10.6. The molecule has 130 valence electrons. The minimum Gasteiger partial charge on any atom is -0.367 e. The minimum atomic E-state index is 0.687. The fourth-order valence-corrected chi connectivity index (χ4v) is 6.06. The van der Waals surface area contributed by atoms with E-state index in [1.54, 1.807) is 11.3 Å². The quantitative estimate of drug-likeness (QED) is 0.777. The van der Waals surface area contributed by atoms with Crippen molar-refractivity contribution in [1.82, 2.24) is 4.90 Å². The van der Waals surface area contributed by atoms with Crippen LogP contribution in [0.25, 0.3) is 0 Å². The number of piperidine rings is 1. The molecule has 0 spiro atoms. The van der Waals surface area contributed by atoms with Gasteiger partial charge in [-0.05, 0) is 42.7 Å². The number of rotatable bonds is 2. The second kappa shape index (κ2) is 6.37. The van der Waals surface area contributed by atoms with Crippen LogP contribution >= 0.6 is 11.8 Å². The molecule has 2 aromatic rings. The van der Waals surface area contributed by atoms with Gasteiger partial charge < -0.3 is 4.90 Å². The van der Waals surface area contributed by atoms with Crippen molar-refractivity contribution >= 4 is 17.4 Å². The van der Waals surface area contributed by atoms with Crippen LogP contribution in [0.4, 0.5) is 5.69 Å². The summed E-state index contributed by atoms with van der Waals surface area (Å²) in [5, 5.41) is 0. The number of nitrogens with zero attached hydrogens (tertiary/aromatic N) is 2. The van der Waals surface area contributed by atoms with Gasteiger partial charge in [-0.25, -0.2) is 0 Å². The highest BCUT2D eigenvalue weighted by Gasteiger charge is 2.43. The molecule has 2 nitrogen and oxygen atoms in total. The standard InChI is InChI=1S/C22H26N2S/c1-16-5-2-6-17(13-16)14-23-11-9-20-19(15-23)18-7-3-8-21-22(18)24(20)10-4-12-25-21/h2-3,5-8,13,19-20H,4,9-12,14-15H2,1H3/t19-,20-/m1/s1. The summed E-state index contributed by atoms with van der Waals surface area (Å²) in [6.45, 7) is 6.96. The van der Waals surface area contributed by atoms with E-state index in [0.717, 1.165) is 12.6 Å². The van der Waals surface area contributed by atoms with Crippen LogP contribution < -0.4 is 4.90 Å². The van der Waals surface area contributed by atoms with Gasteiger partial charge in [-0.3, -0.25) is 4.90 Å². The summed E-state index contributed by atoms with van der Waals surface area (Å²) in [5.41, 5.74) is 6.02. The number of hydrogen-bond acceptors (Lipinski definition) is 3. The summed E-state index contributed by atoms with van der Waals surface area (Å²) < 4.78 is 0. The van der Waals surface area contributed by atoms with E-state index in [1.165, 1.54) is 54.3 Å². The van der Waals surface area contributed by atoms with Gasteiger partial charge in [0.1, 0.15) is 0 Å². The van der Waals surface area contributed by atoms with Crippen molar-refractivity contribution in [2.24, 2.45) is 0 Å². The second-order valence-electron chi connectivity index (χ2n) is 7.78. The number of likely N-dealkylation sites (tertiary alicyclic amines) is 1. The fourth-order valence-electron chi connectivity index (χ4n) is 5.02. The highest BCUT2D eigenvalue weighted by Crippen LogP contribution is 2.50. The lowest BCUT2D eigenvalue weighted by Gasteiger charge is -2.39. The van der Waals surface area contributed by atoms with Gasteiger partial charge in [0, 0.05) is 43.0 Å². The van der Waals surface area contributed by atoms with Gasteiger partial charge in [0.15, 0.2) is 0 Å². The Morgan fingerprint density at radius 1 is 1.12 bits per heavy atom. The average Bonchev–Trinajstić information content (AvgIpc) is 2.77. The summed E-state index contributed by atoms with van der Waals surface area (Å²) in [6, 6.07) is 16.8. The van der Waals surface area contributed by atoms with Crippen LogP contribution in [0.15, 0.2) is 47.4 Å². The molecule has 0 aliphatic carbocycles. The summed E-state index contributed by atoms with van der Waals surface area (Å²) in [4.78, 5) is 6.96. The van der Waals surface area contributed by atoms with Crippen molar-refractivity contribution in [3.05, 3.63) is 59.2 Å². The van der Waals surface area contributed by atoms with Gasteiger partial charge in [-0.15, -0.1) is 11.8 Å². The topological polar surface area (TPSA) is 6.48 Å². The van der Waals surface area contributed by atoms with Crippen molar-refractivity contribution in [2.75, 3.05) is 30.3 Å². The Hall–Kier alpha value is -1.45. The van der Waals surface area contributed by atoms with E-state index in [1.807, 2.05) is 0 Å². The Balaban J connectivity index is 1.42. The zero-order chi connectivity index (χ0) is 16.8. The lowest BCUT2D eigenvalue weighted by atomic mass is 9.89. The Kier molecular flexibility index (Phi) is 4.02. The largest absolute Gasteiger partial charge is 0.367 e. The van der Waals surface area contributed by atoms with Gasteiger partial charge in [-0.1, -0.05) is 42.0 Å². The molecule has 0 radical (unpaired) electrons. The van der Waals surface area contributed by atoms with Gasteiger partial charge in [0.2, 0.25) is 0 Å². The maximum Gasteiger partial charge on any atom is 0.0543 e. The van der Waals surface area contributed by atoms with Crippen molar-refractivity contribution in [3.63, 3.8) is 0 Å². The molecular weight excluding hydrogens is 324 g/mol. The second-order valence-corrected chi connectivity index (χ2v) is 8.91. The number of fused-ring (bicyclic) bond motifs is 3. The third-order valence-corrected chi connectivity index (χ3v) is 7.20. The van der Waals surface area contributed by atoms with Crippen molar-refractivity contribution in [3.8, 4) is 0 Å². The maximum atomic E-state index is 2.76. The summed E-state index contributed by atoms with van der Waals surface area (Å²) in [7, 11) is 0. The summed E-state index contributed by atoms with van der Waals surface area (Å²) >= 11 is 2.06. The number of para-hydroxylation sites is 1. The zero-order valence-corrected chi connectivity index (χ0v) is 15.8. The molecule has 25 heavy (non-hydrogen) atoms. The number of thioether (sulfide) groups is 1. The molecule has 0 N–H and O–H groups in total. The van der Waals surface area contributed by atoms with Crippen molar-refractivity contribution < 1.29 is 0 Å². The smallest absolute Gasteiger partial charge is 0.0543 e. The number of anilines is 1. The van der Waals surface area contributed by atoms with Gasteiger partial charge >= 0.3 is 0 Å². The monoisotopic (exact) mass is 350 g/mol. The summed E-state index contributed by atoms with van der Waals surface area (Å²) in [6.07, 6.45) is 2.62. The lowest BCUT2D eigenvalue weighted by molar-refractivity contribution is 0.186. The third kappa shape index (κ3) is 2.78. The van der Waals surface area contributed by atoms with E-state index in [-0.39, 0.29) is 0 Å². The molecule has 1 fully saturated rings. The molecule has 0 bridgehead atoms. The molecule has 2 aromatic carbocycles. The van der Waals surface area contributed by atoms with E-state index >= 15 is 0 Å². The van der Waals surface area contributed by atoms with Crippen LogP contribution in [0.5, 0.6) is 0 Å². The van der Waals surface area contributed by atoms with Gasteiger partial charge in [-0.2, -0.15) is 0 Å². The predicted octanol–water partition coefficient (Wildman–Crippen LogP) is 4.67. The number of benzene rings is 2. The van der Waals surface area contributed by atoms with Crippen LogP contribution in [0.3, 0.4) is 0 Å². The first-order valence-electron chi connectivity index (χ1n) is 9.60. The molecule has 0 amide bonds. The van der Waals surface area contributed by atoms with Crippen molar-refractivity contribution in [1.29, 1.82) is 0 Å². The minimum absolute atomic E-state index is 0.687. The number of aryl methyl sites for hydroxylation is 1. The van der Waals surface area contributed by atoms with Gasteiger partial charge in [0.05, 0.1) is 5.69 Å². The molecular formula is C22H26N2S. The maximum absolute atomic E-state index is 2.76. The van der Waals surface area contributed by atoms with Gasteiger partial charge in [0.25, 0.3) is 0 Å². The molecule has 5 rings (SSSR count). The molecule has 3 heterocycles. The Bertz CT molecular complexity index is 787. The first kappa shape index (κ1) is 15.8. The van der Waals surface area contributed by atoms with Crippen LogP contribution in [-0.2, 0) is 6.54 Å². The van der Waals surface area contributed by atoms with E-state index in [9.17, 15) is 0 Å². The molecule has 3 heteroatoms. The molecule has 0 saturated carbocycles. The number of hydrogen-bond donors (Lipinski definition) is 0. The van der Waals surface area contributed by atoms with Crippen LogP contribution in [0.2, 0.25) is 0 Å². The highest BCUT2D eigenvalue weighted by atomic mass is 32.2. The zero-order valence-electron chi connectivity index (χ0n) is 14.9. The van der Waals surface area contributed by atoms with Crippen LogP contribution in [0, 0.1) is 6.92 Å². The molecule has 3 aliphatic heterocycles. The van der Waals surface area contributed by atoms with Crippen LogP contribution in [0.1, 0.15) is 35.4 Å². The predicted molar refractivity (Wildman–Crippen MR) is 107 cm³/mol. The van der Waals surface area contributed by atoms with Crippen molar-refractivity contribution in [2.45, 2.75) is 43.2 Å². The van der Waals surface area contributed by atoms with E-state index in [4.69, 9.17) is 0 Å². The molecule has 0 aromatic heterocycles. The fraction of sp³-hybridized carbons (Fsp3) is 0.455. The van der Waals surface area contributed by atoms with Crippen LogP contribution in [-0.4, -0.2) is 36.3 Å². The molecule has 3 aliphatic rings.